The molecule has 6 nitrogen and oxygen atoms in total. The minimum absolute atomic E-state index is 0. The first-order valence-electron chi connectivity index (χ1n) is 10.6. The van der Waals surface area contributed by atoms with Gasteiger partial charge >= 0.3 is 6.18 Å². The van der Waals surface area contributed by atoms with Crippen LogP contribution in [0.15, 0.2) is 45.6 Å². The number of hydrogen-bond acceptors (Lipinski definition) is 6. The summed E-state index contributed by atoms with van der Waals surface area (Å²) in [5.41, 5.74) is -1.10. The van der Waals surface area contributed by atoms with Crippen LogP contribution in [0.5, 0.6) is 23.0 Å². The van der Waals surface area contributed by atoms with E-state index in [4.69, 9.17) is 13.9 Å². The van der Waals surface area contributed by atoms with Crippen molar-refractivity contribution in [2.75, 3.05) is 13.7 Å². The summed E-state index contributed by atoms with van der Waals surface area (Å²) in [6, 6.07) is 8.53. The number of ether oxygens (including phenoxy) is 2. The lowest BCUT2D eigenvalue weighted by Gasteiger charge is -2.33. The fourth-order valence-electron chi connectivity index (χ4n) is 4.08. The molecule has 0 aliphatic carbocycles. The molecule has 0 bridgehead atoms. The minimum Gasteiger partial charge on any atom is -1.00 e. The Morgan fingerprint density at radius 1 is 1.12 bits per heavy atom. The number of rotatable bonds is 5. The summed E-state index contributed by atoms with van der Waals surface area (Å²) < 4.78 is 57.4. The van der Waals surface area contributed by atoms with Gasteiger partial charge in [0.05, 0.1) is 18.1 Å². The second-order valence-corrected chi connectivity index (χ2v) is 8.12. The van der Waals surface area contributed by atoms with Crippen molar-refractivity contribution in [1.29, 1.82) is 0 Å². The summed E-state index contributed by atoms with van der Waals surface area (Å²) >= 11 is 0. The molecule has 1 aliphatic heterocycles. The molecule has 0 saturated carbocycles. The van der Waals surface area contributed by atoms with E-state index in [0.29, 0.717) is 5.75 Å². The molecule has 1 aliphatic rings. The van der Waals surface area contributed by atoms with E-state index >= 15 is 0 Å². The summed E-state index contributed by atoms with van der Waals surface area (Å²) in [6.45, 7) is 2.94. The quantitative estimate of drug-likeness (QED) is 0.534. The maximum absolute atomic E-state index is 13.9. The van der Waals surface area contributed by atoms with Gasteiger partial charge in [-0.1, -0.05) is 6.42 Å². The number of hydrogen-bond donors (Lipinski definition) is 1. The SMILES string of the molecule is COc1ccc(Oc2c(C(F)(F)F)oc3c(CN4CCCCC4C)c(O)ccc3c2=O)cc1.[Br-]. The normalized spacial score (nSPS) is 16.8. The van der Waals surface area contributed by atoms with Gasteiger partial charge in [0.25, 0.3) is 5.76 Å². The van der Waals surface area contributed by atoms with E-state index in [1.807, 2.05) is 6.92 Å². The molecule has 1 saturated heterocycles. The Morgan fingerprint density at radius 2 is 1.79 bits per heavy atom. The predicted molar refractivity (Wildman–Crippen MR) is 116 cm³/mol. The number of halogens is 4. The van der Waals surface area contributed by atoms with Gasteiger partial charge in [-0.15, -0.1) is 0 Å². The van der Waals surface area contributed by atoms with Gasteiger partial charge in [0.1, 0.15) is 22.8 Å². The molecule has 2 heterocycles. The number of phenols is 1. The second kappa shape index (κ2) is 10.3. The summed E-state index contributed by atoms with van der Waals surface area (Å²) in [4.78, 5) is 15.2. The average Bonchev–Trinajstić information content (AvgIpc) is 2.78. The summed E-state index contributed by atoms with van der Waals surface area (Å²) in [5, 5.41) is 10.4. The predicted octanol–water partition coefficient (Wildman–Crippen LogP) is 2.70. The van der Waals surface area contributed by atoms with Crippen LogP contribution in [-0.2, 0) is 12.7 Å². The number of phenolic OH excluding ortho intramolecular Hbond substituents is 1. The van der Waals surface area contributed by atoms with Crippen LogP contribution >= 0.6 is 0 Å². The molecular weight excluding hydrogens is 519 g/mol. The average molecular weight is 543 g/mol. The number of nitrogens with zero attached hydrogens (tertiary/aromatic N) is 1. The van der Waals surface area contributed by atoms with E-state index < -0.39 is 23.1 Å². The fourth-order valence-corrected chi connectivity index (χ4v) is 4.08. The molecule has 0 spiro atoms. The topological polar surface area (TPSA) is 72.1 Å². The first kappa shape index (κ1) is 25.9. The van der Waals surface area contributed by atoms with E-state index in [-0.39, 0.29) is 57.6 Å². The molecular formula is C24H24BrF3NO5-. The van der Waals surface area contributed by atoms with E-state index in [0.717, 1.165) is 25.8 Å². The van der Waals surface area contributed by atoms with Gasteiger partial charge in [-0.25, -0.2) is 0 Å². The monoisotopic (exact) mass is 542 g/mol. The van der Waals surface area contributed by atoms with Gasteiger partial charge in [-0.05, 0) is 62.7 Å². The van der Waals surface area contributed by atoms with Gasteiger partial charge < -0.3 is 36.0 Å². The van der Waals surface area contributed by atoms with Gasteiger partial charge in [0.2, 0.25) is 11.2 Å². The largest absolute Gasteiger partial charge is 1.00 e. The lowest BCUT2D eigenvalue weighted by atomic mass is 10.0. The van der Waals surface area contributed by atoms with Crippen LogP contribution in [-0.4, -0.2) is 29.7 Å². The van der Waals surface area contributed by atoms with Crippen molar-refractivity contribution in [3.05, 3.63) is 57.9 Å². The van der Waals surface area contributed by atoms with E-state index in [1.54, 1.807) is 0 Å². The minimum atomic E-state index is -4.99. The molecule has 0 amide bonds. The van der Waals surface area contributed by atoms with Crippen LogP contribution in [0.4, 0.5) is 13.2 Å². The first-order valence-corrected chi connectivity index (χ1v) is 10.6. The molecule has 34 heavy (non-hydrogen) atoms. The van der Waals surface area contributed by atoms with E-state index in [9.17, 15) is 23.1 Å². The second-order valence-electron chi connectivity index (χ2n) is 8.12. The molecule has 10 heteroatoms. The van der Waals surface area contributed by atoms with Gasteiger partial charge in [0, 0.05) is 12.6 Å². The highest BCUT2D eigenvalue weighted by molar-refractivity contribution is 5.83. The van der Waals surface area contributed by atoms with E-state index in [2.05, 4.69) is 4.90 Å². The van der Waals surface area contributed by atoms with E-state index in [1.165, 1.54) is 43.5 Å². The van der Waals surface area contributed by atoms with Crippen molar-refractivity contribution >= 4 is 11.0 Å². The lowest BCUT2D eigenvalue weighted by molar-refractivity contribution is -0.154. The third-order valence-electron chi connectivity index (χ3n) is 5.94. The third kappa shape index (κ3) is 5.17. The molecule has 1 atom stereocenters. The smallest absolute Gasteiger partial charge is 0.453 e. The third-order valence-corrected chi connectivity index (χ3v) is 5.94. The van der Waals surface area contributed by atoms with Crippen molar-refractivity contribution in [3.63, 3.8) is 0 Å². The zero-order chi connectivity index (χ0) is 23.8. The number of likely N-dealkylation sites (tertiary alicyclic amines) is 1. The Hall–Kier alpha value is -2.72. The standard InChI is InChI=1S/C24H24F3NO5.BrH/c1-14-5-3-4-12-28(14)13-18-19(29)11-10-17-20(30)22(23(24(25,26)27)33-21(17)18)32-16-8-6-15(31-2)7-9-16;/h6-11,14,29H,3-5,12-13H2,1-2H3;1H/p-1. The van der Waals surface area contributed by atoms with Crippen LogP contribution in [0.1, 0.15) is 37.5 Å². The maximum atomic E-state index is 13.9. The van der Waals surface area contributed by atoms with Gasteiger partial charge in [0.15, 0.2) is 0 Å². The zero-order valence-electron chi connectivity index (χ0n) is 18.6. The highest BCUT2D eigenvalue weighted by Gasteiger charge is 2.41. The zero-order valence-corrected chi connectivity index (χ0v) is 20.2. The Balaban J connectivity index is 0.00000324. The molecule has 1 fully saturated rings. The van der Waals surface area contributed by atoms with Crippen molar-refractivity contribution in [1.82, 2.24) is 4.90 Å². The number of alkyl halides is 3. The van der Waals surface area contributed by atoms with Crippen LogP contribution in [0.25, 0.3) is 11.0 Å². The summed E-state index contributed by atoms with van der Waals surface area (Å²) in [7, 11) is 1.45. The molecule has 1 unspecified atom stereocenters. The highest BCUT2D eigenvalue weighted by atomic mass is 79.9. The number of fused-ring (bicyclic) bond motifs is 1. The van der Waals surface area contributed by atoms with Crippen LogP contribution in [0.3, 0.4) is 0 Å². The van der Waals surface area contributed by atoms with Crippen LogP contribution in [0.2, 0.25) is 0 Å². The van der Waals surface area contributed by atoms with Crippen molar-refractivity contribution in [2.24, 2.45) is 0 Å². The Labute approximate surface area is 204 Å². The highest BCUT2D eigenvalue weighted by Crippen LogP contribution is 2.40. The maximum Gasteiger partial charge on any atom is 0.453 e. The Morgan fingerprint density at radius 3 is 2.41 bits per heavy atom. The number of aromatic hydroxyl groups is 1. The summed E-state index contributed by atoms with van der Waals surface area (Å²) in [5.74, 6) is -2.22. The fraction of sp³-hybridized carbons (Fsp3) is 0.375. The molecule has 184 valence electrons. The first-order chi connectivity index (χ1) is 15.7. The number of methoxy groups -OCH3 is 1. The number of benzene rings is 2. The molecule has 1 N–H and O–H groups in total. The van der Waals surface area contributed by atoms with Gasteiger partial charge in [-0.2, -0.15) is 13.2 Å². The lowest BCUT2D eigenvalue weighted by Crippen LogP contribution is -3.00. The van der Waals surface area contributed by atoms with Crippen molar-refractivity contribution in [2.45, 2.75) is 44.9 Å². The number of piperidine rings is 1. The molecule has 2 aromatic carbocycles. The summed E-state index contributed by atoms with van der Waals surface area (Å²) in [6.07, 6.45) is -2.02. The molecule has 0 radical (unpaired) electrons. The van der Waals surface area contributed by atoms with Crippen LogP contribution < -0.4 is 31.9 Å². The molecule has 1 aromatic heterocycles. The van der Waals surface area contributed by atoms with Crippen molar-refractivity contribution < 1.29 is 49.2 Å². The molecule has 4 rings (SSSR count). The van der Waals surface area contributed by atoms with Gasteiger partial charge in [-0.3, -0.25) is 9.69 Å². The van der Waals surface area contributed by atoms with Crippen LogP contribution in [0, 0.1) is 0 Å². The Kier molecular flexibility index (Phi) is 7.82. The van der Waals surface area contributed by atoms with Crippen molar-refractivity contribution in [3.8, 4) is 23.0 Å². The molecule has 3 aromatic rings. The Bertz CT molecular complexity index is 1210.